The molecule has 1 N–H and O–H groups in total. The summed E-state index contributed by atoms with van der Waals surface area (Å²) < 4.78 is 0. The summed E-state index contributed by atoms with van der Waals surface area (Å²) in [5.74, 6) is 1.73. The minimum Gasteiger partial charge on any atom is -0.369 e. The zero-order chi connectivity index (χ0) is 13.4. The molecule has 0 radical (unpaired) electrons. The summed E-state index contributed by atoms with van der Waals surface area (Å²) in [6, 6.07) is 9.08. The Bertz CT molecular complexity index is 603. The molecular weight excluding hydrogens is 248 g/mol. The normalized spacial score (nSPS) is 23.3. The van der Waals surface area contributed by atoms with Crippen molar-refractivity contribution in [3.63, 3.8) is 0 Å². The Morgan fingerprint density at radius 3 is 2.95 bits per heavy atom. The Morgan fingerprint density at radius 2 is 2.05 bits per heavy atom. The molecule has 1 aliphatic heterocycles. The van der Waals surface area contributed by atoms with E-state index in [2.05, 4.69) is 26.3 Å². The monoisotopic (exact) mass is 268 g/mol. The van der Waals surface area contributed by atoms with Gasteiger partial charge in [0.25, 0.3) is 0 Å². The lowest BCUT2D eigenvalue weighted by Gasteiger charge is -2.15. The topological polar surface area (TPSA) is 41.0 Å². The van der Waals surface area contributed by atoms with Gasteiger partial charge in [-0.25, -0.2) is 9.97 Å². The summed E-state index contributed by atoms with van der Waals surface area (Å²) in [7, 11) is 0. The highest BCUT2D eigenvalue weighted by Gasteiger charge is 2.34. The second-order valence-corrected chi connectivity index (χ2v) is 6.00. The van der Waals surface area contributed by atoms with Gasteiger partial charge in [0.05, 0.1) is 5.52 Å². The average molecular weight is 268 g/mol. The highest BCUT2D eigenvalue weighted by Crippen LogP contribution is 2.31. The fraction of sp³-hybridized carbons (Fsp3) is 0.500. The van der Waals surface area contributed by atoms with E-state index in [4.69, 9.17) is 0 Å². The average Bonchev–Trinajstić information content (AvgIpc) is 3.24. The van der Waals surface area contributed by atoms with Gasteiger partial charge in [0.1, 0.15) is 12.1 Å². The van der Waals surface area contributed by atoms with Crippen LogP contribution < -0.4 is 5.32 Å². The van der Waals surface area contributed by atoms with Gasteiger partial charge in [-0.1, -0.05) is 12.1 Å². The van der Waals surface area contributed by atoms with Crippen molar-refractivity contribution in [3.8, 4) is 0 Å². The van der Waals surface area contributed by atoms with Gasteiger partial charge >= 0.3 is 0 Å². The molecule has 0 unspecified atom stereocenters. The van der Waals surface area contributed by atoms with Crippen LogP contribution in [0, 0.1) is 5.92 Å². The number of hydrogen-bond acceptors (Lipinski definition) is 4. The van der Waals surface area contributed by atoms with Gasteiger partial charge in [0.15, 0.2) is 0 Å². The number of fused-ring (bicyclic) bond motifs is 1. The van der Waals surface area contributed by atoms with Crippen molar-refractivity contribution in [2.24, 2.45) is 5.92 Å². The maximum atomic E-state index is 4.40. The van der Waals surface area contributed by atoms with Crippen LogP contribution in [0.4, 0.5) is 5.82 Å². The Labute approximate surface area is 119 Å². The standard InChI is InChI=1S/C16H20N4/c1-2-4-15-14(3-1)16(19-11-18-15)17-9-12-7-8-20(10-12)13-5-6-13/h1-4,11-13H,5-10H2,(H,17,18,19)/t12-/m1/s1. The van der Waals surface area contributed by atoms with Crippen LogP contribution in [-0.2, 0) is 0 Å². The summed E-state index contributed by atoms with van der Waals surface area (Å²) in [4.78, 5) is 11.4. The predicted octanol–water partition coefficient (Wildman–Crippen LogP) is 2.53. The number of aromatic nitrogens is 2. The van der Waals surface area contributed by atoms with Gasteiger partial charge < -0.3 is 10.2 Å². The van der Waals surface area contributed by atoms with E-state index in [1.165, 1.54) is 32.4 Å². The quantitative estimate of drug-likeness (QED) is 0.925. The molecule has 1 aliphatic carbocycles. The van der Waals surface area contributed by atoms with Crippen molar-refractivity contribution in [1.82, 2.24) is 14.9 Å². The van der Waals surface area contributed by atoms with Crippen LogP contribution in [0.2, 0.25) is 0 Å². The summed E-state index contributed by atoms with van der Waals surface area (Å²) in [5, 5.41) is 4.65. The predicted molar refractivity (Wildman–Crippen MR) is 80.7 cm³/mol. The van der Waals surface area contributed by atoms with E-state index < -0.39 is 0 Å². The zero-order valence-electron chi connectivity index (χ0n) is 11.6. The van der Waals surface area contributed by atoms with Crippen molar-refractivity contribution in [2.75, 3.05) is 25.0 Å². The van der Waals surface area contributed by atoms with E-state index >= 15 is 0 Å². The number of nitrogens with zero attached hydrogens (tertiary/aromatic N) is 3. The molecule has 104 valence electrons. The Morgan fingerprint density at radius 1 is 1.15 bits per heavy atom. The molecule has 1 atom stereocenters. The second-order valence-electron chi connectivity index (χ2n) is 6.00. The molecule has 1 aromatic carbocycles. The third kappa shape index (κ3) is 2.36. The number of likely N-dealkylation sites (tertiary alicyclic amines) is 1. The van der Waals surface area contributed by atoms with E-state index in [1.807, 2.05) is 18.2 Å². The molecule has 2 aromatic rings. The second kappa shape index (κ2) is 5.02. The fourth-order valence-electron chi connectivity index (χ4n) is 3.19. The molecule has 4 heteroatoms. The van der Waals surface area contributed by atoms with Gasteiger partial charge in [-0.3, -0.25) is 0 Å². The molecule has 0 spiro atoms. The first-order valence-electron chi connectivity index (χ1n) is 7.58. The SMILES string of the molecule is c1ccc2c(NC[C@H]3CCN(C4CC4)C3)ncnc2c1. The van der Waals surface area contributed by atoms with E-state index in [9.17, 15) is 0 Å². The Balaban J connectivity index is 1.43. The molecule has 4 rings (SSSR count). The van der Waals surface area contributed by atoms with E-state index in [0.717, 1.165) is 35.2 Å². The molecule has 0 amide bonds. The van der Waals surface area contributed by atoms with E-state index in [-0.39, 0.29) is 0 Å². The van der Waals surface area contributed by atoms with Crippen molar-refractivity contribution >= 4 is 16.7 Å². The molecule has 2 heterocycles. The highest BCUT2D eigenvalue weighted by atomic mass is 15.2. The maximum Gasteiger partial charge on any atom is 0.137 e. The van der Waals surface area contributed by atoms with Gasteiger partial charge in [-0.05, 0) is 43.9 Å². The van der Waals surface area contributed by atoms with E-state index in [1.54, 1.807) is 6.33 Å². The molecular formula is C16H20N4. The lowest BCUT2D eigenvalue weighted by Crippen LogP contribution is -2.25. The fourth-order valence-corrected chi connectivity index (χ4v) is 3.19. The van der Waals surface area contributed by atoms with Crippen molar-refractivity contribution in [1.29, 1.82) is 0 Å². The summed E-state index contributed by atoms with van der Waals surface area (Å²) in [6.45, 7) is 3.55. The van der Waals surface area contributed by atoms with Crippen LogP contribution in [0.15, 0.2) is 30.6 Å². The van der Waals surface area contributed by atoms with Gasteiger partial charge in [0.2, 0.25) is 0 Å². The van der Waals surface area contributed by atoms with Crippen LogP contribution >= 0.6 is 0 Å². The highest BCUT2D eigenvalue weighted by molar-refractivity contribution is 5.88. The number of anilines is 1. The van der Waals surface area contributed by atoms with E-state index in [0.29, 0.717) is 0 Å². The number of para-hydroxylation sites is 1. The molecule has 2 fully saturated rings. The van der Waals surface area contributed by atoms with Crippen LogP contribution in [0.3, 0.4) is 0 Å². The lowest BCUT2D eigenvalue weighted by molar-refractivity contribution is 0.316. The smallest absolute Gasteiger partial charge is 0.137 e. The van der Waals surface area contributed by atoms with Gasteiger partial charge in [0, 0.05) is 24.5 Å². The molecule has 20 heavy (non-hydrogen) atoms. The Hall–Kier alpha value is -1.68. The molecule has 1 saturated carbocycles. The minimum atomic E-state index is 0.754. The molecule has 0 bridgehead atoms. The van der Waals surface area contributed by atoms with Crippen LogP contribution in [-0.4, -0.2) is 40.5 Å². The largest absolute Gasteiger partial charge is 0.369 e. The van der Waals surface area contributed by atoms with Crippen molar-refractivity contribution < 1.29 is 0 Å². The van der Waals surface area contributed by atoms with Crippen molar-refractivity contribution in [2.45, 2.75) is 25.3 Å². The first kappa shape index (κ1) is 12.1. The molecule has 1 saturated heterocycles. The third-order valence-electron chi connectivity index (χ3n) is 4.48. The molecule has 2 aliphatic rings. The zero-order valence-corrected chi connectivity index (χ0v) is 11.6. The van der Waals surface area contributed by atoms with Crippen LogP contribution in [0.5, 0.6) is 0 Å². The number of hydrogen-bond donors (Lipinski definition) is 1. The number of benzene rings is 1. The molecule has 4 nitrogen and oxygen atoms in total. The lowest BCUT2D eigenvalue weighted by atomic mass is 10.1. The first-order valence-corrected chi connectivity index (χ1v) is 7.58. The van der Waals surface area contributed by atoms with Crippen LogP contribution in [0.1, 0.15) is 19.3 Å². The maximum absolute atomic E-state index is 4.40. The summed E-state index contributed by atoms with van der Waals surface area (Å²) in [5.41, 5.74) is 1.01. The summed E-state index contributed by atoms with van der Waals surface area (Å²) >= 11 is 0. The number of rotatable bonds is 4. The van der Waals surface area contributed by atoms with Gasteiger partial charge in [-0.2, -0.15) is 0 Å². The Kier molecular flexibility index (Phi) is 3.03. The minimum absolute atomic E-state index is 0.754. The van der Waals surface area contributed by atoms with Gasteiger partial charge in [-0.15, -0.1) is 0 Å². The first-order chi connectivity index (χ1) is 9.90. The summed E-state index contributed by atoms with van der Waals surface area (Å²) in [6.07, 6.45) is 5.79. The molecule has 1 aromatic heterocycles. The van der Waals surface area contributed by atoms with Crippen LogP contribution in [0.25, 0.3) is 10.9 Å². The number of nitrogens with one attached hydrogen (secondary N) is 1. The third-order valence-corrected chi connectivity index (χ3v) is 4.48. The van der Waals surface area contributed by atoms with Crippen molar-refractivity contribution in [3.05, 3.63) is 30.6 Å².